The predicted octanol–water partition coefficient (Wildman–Crippen LogP) is 2.98. The van der Waals surface area contributed by atoms with E-state index in [2.05, 4.69) is 11.0 Å². The number of hydrogen-bond donors (Lipinski definition) is 0. The second-order valence-electron chi connectivity index (χ2n) is 7.77. The van der Waals surface area contributed by atoms with Crippen LogP contribution in [0.5, 0.6) is 0 Å². The largest absolute Gasteiger partial charge is 0.338 e. The number of hydrogen-bond acceptors (Lipinski definition) is 4. The lowest BCUT2D eigenvalue weighted by Crippen LogP contribution is -2.55. The van der Waals surface area contributed by atoms with Crippen molar-refractivity contribution in [3.05, 3.63) is 71.8 Å². The van der Waals surface area contributed by atoms with Crippen molar-refractivity contribution < 1.29 is 22.0 Å². The van der Waals surface area contributed by atoms with Gasteiger partial charge in [-0.3, -0.25) is 14.0 Å². The van der Waals surface area contributed by atoms with Crippen LogP contribution in [0, 0.1) is 11.6 Å². The Balaban J connectivity index is 1.62. The molecular weight excluding hydrogens is 436 g/mol. The summed E-state index contributed by atoms with van der Waals surface area (Å²) >= 11 is 0. The Labute approximate surface area is 187 Å². The summed E-state index contributed by atoms with van der Waals surface area (Å²) in [4.78, 5) is 16.9. The molecule has 0 aromatic heterocycles. The fraction of sp³-hybridized carbons (Fsp3) is 0.348. The Morgan fingerprint density at radius 2 is 1.72 bits per heavy atom. The van der Waals surface area contributed by atoms with Gasteiger partial charge in [-0.2, -0.15) is 0 Å². The maximum absolute atomic E-state index is 13.7. The van der Waals surface area contributed by atoms with Crippen molar-refractivity contribution in [2.45, 2.75) is 13.0 Å². The number of carbonyl (C=O) groups excluding carboxylic acids is 1. The molecule has 1 saturated heterocycles. The third-order valence-corrected chi connectivity index (χ3v) is 6.62. The first-order valence-electron chi connectivity index (χ1n) is 10.3. The molecule has 1 fully saturated rings. The number of rotatable bonds is 7. The molecule has 0 spiro atoms. The molecule has 0 N–H and O–H groups in total. The highest BCUT2D eigenvalue weighted by Gasteiger charge is 2.33. The van der Waals surface area contributed by atoms with Crippen LogP contribution in [0.4, 0.5) is 14.5 Å². The summed E-state index contributed by atoms with van der Waals surface area (Å²) in [6.45, 7) is 4.43. The van der Waals surface area contributed by atoms with E-state index < -0.39 is 27.7 Å². The zero-order valence-corrected chi connectivity index (χ0v) is 18.9. The Morgan fingerprint density at radius 1 is 1.06 bits per heavy atom. The Hall–Kier alpha value is -2.78. The van der Waals surface area contributed by atoms with E-state index in [1.165, 1.54) is 6.92 Å². The van der Waals surface area contributed by atoms with Crippen LogP contribution in [0.15, 0.2) is 54.6 Å². The van der Waals surface area contributed by atoms with Crippen LogP contribution >= 0.6 is 0 Å². The minimum Gasteiger partial charge on any atom is -0.338 e. The molecule has 1 heterocycles. The number of sulfonamides is 1. The molecule has 0 unspecified atom stereocenters. The van der Waals surface area contributed by atoms with Crippen LogP contribution in [0.1, 0.15) is 12.5 Å². The van der Waals surface area contributed by atoms with Crippen LogP contribution in [-0.4, -0.2) is 69.1 Å². The normalized spacial score (nSPS) is 16.3. The molecule has 1 aliphatic heterocycles. The third kappa shape index (κ3) is 5.92. The summed E-state index contributed by atoms with van der Waals surface area (Å²) in [6, 6.07) is 11.7. The first-order chi connectivity index (χ1) is 15.2. The molecule has 2 aromatic carbocycles. The van der Waals surface area contributed by atoms with E-state index in [9.17, 15) is 22.0 Å². The summed E-state index contributed by atoms with van der Waals surface area (Å²) in [6.07, 6.45) is 5.06. The third-order valence-electron chi connectivity index (χ3n) is 5.38. The standard InChI is InChI=1S/C23H27F2N3O3S/c1-18(28(32(2,30)31)20-10-11-21(24)22(25)17-20)23(29)27-15-13-26(14-16-27)12-6-9-19-7-4-3-5-8-19/h3-11,17-18H,12-16H2,1-2H3/b9-6+/t18-/m1/s1. The highest BCUT2D eigenvalue weighted by atomic mass is 32.2. The van der Waals surface area contributed by atoms with Crippen LogP contribution in [0.3, 0.4) is 0 Å². The molecular formula is C23H27F2N3O3S. The van der Waals surface area contributed by atoms with E-state index in [1.807, 2.05) is 36.4 Å². The number of piperazine rings is 1. The quantitative estimate of drug-likeness (QED) is 0.634. The van der Waals surface area contributed by atoms with E-state index in [0.717, 1.165) is 40.9 Å². The maximum Gasteiger partial charge on any atom is 0.246 e. The predicted molar refractivity (Wildman–Crippen MR) is 122 cm³/mol. The van der Waals surface area contributed by atoms with E-state index in [-0.39, 0.29) is 11.6 Å². The molecule has 6 nitrogen and oxygen atoms in total. The Bertz CT molecular complexity index is 1070. The highest BCUT2D eigenvalue weighted by molar-refractivity contribution is 7.92. The molecule has 0 bridgehead atoms. The second-order valence-corrected chi connectivity index (χ2v) is 9.63. The number of halogens is 2. The van der Waals surface area contributed by atoms with Crippen molar-refractivity contribution in [1.29, 1.82) is 0 Å². The summed E-state index contributed by atoms with van der Waals surface area (Å²) < 4.78 is 52.6. The monoisotopic (exact) mass is 463 g/mol. The highest BCUT2D eigenvalue weighted by Crippen LogP contribution is 2.24. The lowest BCUT2D eigenvalue weighted by atomic mass is 10.2. The van der Waals surface area contributed by atoms with Crippen molar-refractivity contribution in [3.8, 4) is 0 Å². The number of carbonyl (C=O) groups is 1. The van der Waals surface area contributed by atoms with Crippen molar-refractivity contribution in [2.24, 2.45) is 0 Å². The first kappa shape index (κ1) is 23.9. The molecule has 0 saturated carbocycles. The Kier molecular flexibility index (Phi) is 7.63. The van der Waals surface area contributed by atoms with Crippen molar-refractivity contribution in [1.82, 2.24) is 9.80 Å². The van der Waals surface area contributed by atoms with E-state index in [0.29, 0.717) is 26.2 Å². The fourth-order valence-electron chi connectivity index (χ4n) is 3.74. The van der Waals surface area contributed by atoms with Crippen molar-refractivity contribution in [3.63, 3.8) is 0 Å². The maximum atomic E-state index is 13.7. The zero-order chi connectivity index (χ0) is 23.3. The lowest BCUT2D eigenvalue weighted by Gasteiger charge is -2.37. The van der Waals surface area contributed by atoms with E-state index in [4.69, 9.17) is 0 Å². The molecule has 0 aliphatic carbocycles. The van der Waals surface area contributed by atoms with Crippen LogP contribution < -0.4 is 4.31 Å². The molecule has 172 valence electrons. The van der Waals surface area contributed by atoms with E-state index in [1.54, 1.807) is 4.90 Å². The smallest absolute Gasteiger partial charge is 0.246 e. The SMILES string of the molecule is C[C@H](C(=O)N1CCN(C/C=C/c2ccccc2)CC1)N(c1ccc(F)c(F)c1)S(C)(=O)=O. The second kappa shape index (κ2) is 10.2. The van der Waals surface area contributed by atoms with Gasteiger partial charge in [0, 0.05) is 38.8 Å². The van der Waals surface area contributed by atoms with Gasteiger partial charge >= 0.3 is 0 Å². The van der Waals surface area contributed by atoms with Gasteiger partial charge in [0.15, 0.2) is 11.6 Å². The molecule has 1 aliphatic rings. The van der Waals surface area contributed by atoms with Crippen molar-refractivity contribution in [2.75, 3.05) is 43.3 Å². The summed E-state index contributed by atoms with van der Waals surface area (Å²) in [5.74, 6) is -2.63. The molecule has 1 amide bonds. The lowest BCUT2D eigenvalue weighted by molar-refractivity contribution is -0.133. The molecule has 1 atom stereocenters. The Morgan fingerprint density at radius 3 is 2.31 bits per heavy atom. The summed E-state index contributed by atoms with van der Waals surface area (Å²) in [5.41, 5.74) is 1.03. The van der Waals surface area contributed by atoms with Gasteiger partial charge < -0.3 is 4.90 Å². The van der Waals surface area contributed by atoms with Gasteiger partial charge in [-0.25, -0.2) is 17.2 Å². The van der Waals surface area contributed by atoms with Gasteiger partial charge in [0.05, 0.1) is 11.9 Å². The zero-order valence-electron chi connectivity index (χ0n) is 18.1. The topological polar surface area (TPSA) is 60.9 Å². The van der Waals surface area contributed by atoms with Gasteiger partial charge in [-0.05, 0) is 24.6 Å². The first-order valence-corrected chi connectivity index (χ1v) is 12.2. The molecule has 2 aromatic rings. The molecule has 32 heavy (non-hydrogen) atoms. The van der Waals surface area contributed by atoms with Crippen molar-refractivity contribution >= 4 is 27.7 Å². The molecule has 3 rings (SSSR count). The minimum absolute atomic E-state index is 0.0862. The number of anilines is 1. The summed E-state index contributed by atoms with van der Waals surface area (Å²) in [7, 11) is -3.90. The minimum atomic E-state index is -3.90. The fourth-order valence-corrected chi connectivity index (χ4v) is 4.90. The van der Waals surface area contributed by atoms with Crippen LogP contribution in [0.2, 0.25) is 0 Å². The average molecular weight is 464 g/mol. The molecule has 0 radical (unpaired) electrons. The van der Waals surface area contributed by atoms with Gasteiger partial charge in [0.25, 0.3) is 0 Å². The van der Waals surface area contributed by atoms with Gasteiger partial charge in [-0.1, -0.05) is 42.5 Å². The van der Waals surface area contributed by atoms with Crippen LogP contribution in [-0.2, 0) is 14.8 Å². The van der Waals surface area contributed by atoms with E-state index >= 15 is 0 Å². The molecule has 9 heteroatoms. The number of amides is 1. The number of benzene rings is 2. The average Bonchev–Trinajstić information content (AvgIpc) is 2.76. The van der Waals surface area contributed by atoms with Gasteiger partial charge in [-0.15, -0.1) is 0 Å². The van der Waals surface area contributed by atoms with Gasteiger partial charge in [0.1, 0.15) is 6.04 Å². The van der Waals surface area contributed by atoms with Crippen LogP contribution in [0.25, 0.3) is 6.08 Å². The van der Waals surface area contributed by atoms with Gasteiger partial charge in [0.2, 0.25) is 15.9 Å². The summed E-state index contributed by atoms with van der Waals surface area (Å²) in [5, 5.41) is 0. The number of nitrogens with zero attached hydrogens (tertiary/aromatic N) is 3.